The van der Waals surface area contributed by atoms with Gasteiger partial charge in [0.2, 0.25) is 5.91 Å². The molecule has 2 aromatic carbocycles. The summed E-state index contributed by atoms with van der Waals surface area (Å²) < 4.78 is 20.0. The molecule has 8 nitrogen and oxygen atoms in total. The number of aromatic nitrogens is 2. The molecule has 150 valence electrons. The monoisotopic (exact) mass is 398 g/mol. The van der Waals surface area contributed by atoms with Gasteiger partial charge in [0, 0.05) is 12.4 Å². The molecule has 1 aromatic heterocycles. The van der Waals surface area contributed by atoms with Crippen LogP contribution in [0.2, 0.25) is 0 Å². The minimum Gasteiger partial charge on any atom is -0.478 e. The number of halogens is 1. The van der Waals surface area contributed by atoms with Gasteiger partial charge in [0.1, 0.15) is 0 Å². The Kier molecular flexibility index (Phi) is 5.87. The molecule has 0 spiro atoms. The number of aryl methyl sites for hydroxylation is 1. The van der Waals surface area contributed by atoms with Gasteiger partial charge in [0.05, 0.1) is 17.5 Å². The van der Waals surface area contributed by atoms with Gasteiger partial charge >= 0.3 is 0 Å². The summed E-state index contributed by atoms with van der Waals surface area (Å²) in [5, 5.41) is 5.14. The highest BCUT2D eigenvalue weighted by Crippen LogP contribution is 2.17. The van der Waals surface area contributed by atoms with E-state index in [0.717, 1.165) is 4.68 Å². The lowest BCUT2D eigenvalue weighted by Gasteiger charge is -2.15. The van der Waals surface area contributed by atoms with Gasteiger partial charge < -0.3 is 4.74 Å². The number of nitrogens with zero attached hydrogens (tertiary/aromatic N) is 2. The summed E-state index contributed by atoms with van der Waals surface area (Å²) in [5.41, 5.74) is 4.63. The van der Waals surface area contributed by atoms with Crippen molar-refractivity contribution in [3.63, 3.8) is 0 Å². The number of hydrogen-bond acceptors (Lipinski definition) is 5. The van der Waals surface area contributed by atoms with E-state index in [-0.39, 0.29) is 17.7 Å². The molecule has 9 heteroatoms. The maximum atomic E-state index is 13.6. The quantitative estimate of drug-likeness (QED) is 0.630. The number of ether oxygens (including phenoxy) is 1. The molecule has 29 heavy (non-hydrogen) atoms. The summed E-state index contributed by atoms with van der Waals surface area (Å²) in [5.74, 6) is -1.85. The fourth-order valence-electron chi connectivity index (χ4n) is 2.72. The second kappa shape index (κ2) is 8.51. The van der Waals surface area contributed by atoms with Gasteiger partial charge in [0.15, 0.2) is 17.7 Å². The average molecular weight is 398 g/mol. The fraction of sp³-hybridized carbons (Fsp3) is 0.200. The van der Waals surface area contributed by atoms with Crippen molar-refractivity contribution in [3.05, 3.63) is 70.4 Å². The van der Waals surface area contributed by atoms with E-state index in [1.165, 1.54) is 32.2 Å². The average Bonchev–Trinajstić information content (AvgIpc) is 2.71. The van der Waals surface area contributed by atoms with E-state index in [0.29, 0.717) is 16.5 Å². The molecule has 2 amide bonds. The summed E-state index contributed by atoms with van der Waals surface area (Å²) in [4.78, 5) is 36.5. The van der Waals surface area contributed by atoms with Crippen LogP contribution in [-0.4, -0.2) is 27.7 Å². The van der Waals surface area contributed by atoms with E-state index in [1.54, 1.807) is 30.3 Å². The Morgan fingerprint density at radius 1 is 1.10 bits per heavy atom. The third-order valence-corrected chi connectivity index (χ3v) is 4.20. The van der Waals surface area contributed by atoms with Crippen LogP contribution in [0.5, 0.6) is 5.75 Å². The number of nitrogens with one attached hydrogen (secondary N) is 2. The number of carbonyl (C=O) groups excluding carboxylic acids is 2. The summed E-state index contributed by atoms with van der Waals surface area (Å²) in [6, 6.07) is 12.5. The first-order valence-electron chi connectivity index (χ1n) is 8.81. The lowest BCUT2D eigenvalue weighted by molar-refractivity contribution is -0.132. The van der Waals surface area contributed by atoms with Gasteiger partial charge in [-0.25, -0.2) is 9.07 Å². The van der Waals surface area contributed by atoms with Crippen molar-refractivity contribution < 1.29 is 18.7 Å². The molecule has 0 unspecified atom stereocenters. The number of fused-ring (bicyclic) bond motifs is 1. The normalized spacial score (nSPS) is 11.7. The molecular weight excluding hydrogens is 379 g/mol. The molecule has 0 saturated heterocycles. The second-order valence-corrected chi connectivity index (χ2v) is 6.33. The summed E-state index contributed by atoms with van der Waals surface area (Å²) >= 11 is 0. The molecule has 0 saturated carbocycles. The highest BCUT2D eigenvalue weighted by atomic mass is 19.1. The molecule has 2 N–H and O–H groups in total. The summed E-state index contributed by atoms with van der Waals surface area (Å²) in [6.45, 7) is 1.43. The zero-order chi connectivity index (χ0) is 21.0. The van der Waals surface area contributed by atoms with Crippen LogP contribution < -0.4 is 21.1 Å². The van der Waals surface area contributed by atoms with Crippen molar-refractivity contribution in [2.75, 3.05) is 0 Å². The van der Waals surface area contributed by atoms with Gasteiger partial charge in [-0.3, -0.25) is 25.2 Å². The lowest BCUT2D eigenvalue weighted by atomic mass is 10.1. The van der Waals surface area contributed by atoms with Crippen molar-refractivity contribution in [2.24, 2.45) is 7.05 Å². The minimum atomic E-state index is -1.04. The van der Waals surface area contributed by atoms with E-state index >= 15 is 0 Å². The predicted molar refractivity (Wildman–Crippen MR) is 103 cm³/mol. The number of rotatable bonds is 5. The zero-order valence-corrected chi connectivity index (χ0v) is 15.8. The fourth-order valence-corrected chi connectivity index (χ4v) is 2.72. The first kappa shape index (κ1) is 20.0. The third kappa shape index (κ3) is 4.57. The van der Waals surface area contributed by atoms with Crippen molar-refractivity contribution in [1.82, 2.24) is 20.6 Å². The largest absolute Gasteiger partial charge is 0.478 e. The standard InChI is InChI=1S/C20H19FN4O4/c1-12(29-17-10-6-5-9-15(17)21)19(27)23-22-18(26)11-16-13-7-3-4-8-14(13)20(28)25(2)24-16/h3-10,12H,11H2,1-2H3,(H,22,26)(H,23,27)/t12-/m1/s1. The Morgan fingerprint density at radius 3 is 2.48 bits per heavy atom. The summed E-state index contributed by atoms with van der Waals surface area (Å²) in [7, 11) is 1.50. The third-order valence-electron chi connectivity index (χ3n) is 4.20. The molecular formula is C20H19FN4O4. The van der Waals surface area contributed by atoms with Crippen LogP contribution >= 0.6 is 0 Å². The lowest BCUT2D eigenvalue weighted by Crippen LogP contribution is -2.47. The molecule has 1 heterocycles. The first-order chi connectivity index (χ1) is 13.9. The Labute approximate surface area is 165 Å². The van der Waals surface area contributed by atoms with E-state index in [4.69, 9.17) is 4.74 Å². The SMILES string of the molecule is C[C@@H](Oc1ccccc1F)C(=O)NNC(=O)Cc1nn(C)c(=O)c2ccccc12. The first-order valence-corrected chi connectivity index (χ1v) is 8.81. The maximum Gasteiger partial charge on any atom is 0.279 e. The number of amides is 2. The summed E-state index contributed by atoms with van der Waals surface area (Å²) in [6.07, 6.45) is -1.19. The van der Waals surface area contributed by atoms with Gasteiger partial charge in [0.25, 0.3) is 11.5 Å². The van der Waals surface area contributed by atoms with Crippen molar-refractivity contribution >= 4 is 22.6 Å². The van der Waals surface area contributed by atoms with Gasteiger partial charge in [-0.05, 0) is 25.1 Å². The van der Waals surface area contributed by atoms with Crippen LogP contribution in [0, 0.1) is 5.82 Å². The van der Waals surface area contributed by atoms with Crippen LogP contribution in [0.1, 0.15) is 12.6 Å². The minimum absolute atomic E-state index is 0.0673. The number of para-hydroxylation sites is 1. The Morgan fingerprint density at radius 2 is 1.76 bits per heavy atom. The van der Waals surface area contributed by atoms with Crippen molar-refractivity contribution in [3.8, 4) is 5.75 Å². The molecule has 3 rings (SSSR count). The topological polar surface area (TPSA) is 102 Å². The number of carbonyl (C=O) groups is 2. The van der Waals surface area contributed by atoms with Crippen molar-refractivity contribution in [1.29, 1.82) is 0 Å². The van der Waals surface area contributed by atoms with Gasteiger partial charge in [-0.15, -0.1) is 0 Å². The van der Waals surface area contributed by atoms with E-state index in [2.05, 4.69) is 16.0 Å². The molecule has 1 atom stereocenters. The molecule has 0 bridgehead atoms. The Balaban J connectivity index is 1.62. The van der Waals surface area contributed by atoms with Crippen LogP contribution in [0.4, 0.5) is 4.39 Å². The van der Waals surface area contributed by atoms with Gasteiger partial charge in [-0.2, -0.15) is 5.10 Å². The zero-order valence-electron chi connectivity index (χ0n) is 15.8. The molecule has 0 radical (unpaired) electrons. The van der Waals surface area contributed by atoms with Crippen molar-refractivity contribution in [2.45, 2.75) is 19.4 Å². The highest BCUT2D eigenvalue weighted by molar-refractivity contribution is 5.89. The second-order valence-electron chi connectivity index (χ2n) is 6.33. The number of benzene rings is 2. The Hall–Kier alpha value is -3.75. The van der Waals surface area contributed by atoms with E-state index in [1.807, 2.05) is 0 Å². The molecule has 0 aliphatic heterocycles. The van der Waals surface area contributed by atoms with Crippen LogP contribution in [0.25, 0.3) is 10.8 Å². The van der Waals surface area contributed by atoms with E-state index < -0.39 is 23.7 Å². The molecule has 3 aromatic rings. The molecule has 0 fully saturated rings. The number of hydrogen-bond donors (Lipinski definition) is 2. The predicted octanol–water partition coefficient (Wildman–Crippen LogP) is 1.23. The Bertz CT molecular complexity index is 1130. The smallest absolute Gasteiger partial charge is 0.279 e. The van der Waals surface area contributed by atoms with Gasteiger partial charge in [-0.1, -0.05) is 30.3 Å². The highest BCUT2D eigenvalue weighted by Gasteiger charge is 2.18. The van der Waals surface area contributed by atoms with Crippen LogP contribution in [0.3, 0.4) is 0 Å². The van der Waals surface area contributed by atoms with E-state index in [9.17, 15) is 18.8 Å². The molecule has 0 aliphatic carbocycles. The maximum absolute atomic E-state index is 13.6. The number of hydrazine groups is 1. The van der Waals surface area contributed by atoms with Crippen LogP contribution in [0.15, 0.2) is 53.3 Å². The molecule has 0 aliphatic rings. The van der Waals surface area contributed by atoms with Crippen LogP contribution in [-0.2, 0) is 23.1 Å².